The molecular formula is C13H24NO4+. The summed E-state index contributed by atoms with van der Waals surface area (Å²) in [5, 5.41) is 18.3. The van der Waals surface area contributed by atoms with Crippen molar-refractivity contribution in [3.63, 3.8) is 0 Å². The lowest BCUT2D eigenvalue weighted by atomic mass is 9.96. The van der Waals surface area contributed by atoms with Crippen LogP contribution in [0, 0.1) is 5.92 Å². The summed E-state index contributed by atoms with van der Waals surface area (Å²) in [6.45, 7) is 6.92. The second-order valence-electron chi connectivity index (χ2n) is 5.36. The van der Waals surface area contributed by atoms with Crippen LogP contribution in [-0.4, -0.2) is 46.8 Å². The first-order valence-electron chi connectivity index (χ1n) is 6.41. The van der Waals surface area contributed by atoms with Crippen LogP contribution >= 0.6 is 0 Å². The molecule has 1 aliphatic rings. The molecule has 0 aliphatic carbocycles. The minimum Gasteiger partial charge on any atom is -0.481 e. The van der Waals surface area contributed by atoms with Crippen LogP contribution < -0.4 is 0 Å². The Balaban J connectivity index is 2.55. The summed E-state index contributed by atoms with van der Waals surface area (Å²) in [5.41, 5.74) is 0. The monoisotopic (exact) mass is 258 g/mol. The summed E-state index contributed by atoms with van der Waals surface area (Å²) in [6, 6.07) is 0. The molecule has 2 N–H and O–H groups in total. The molecule has 0 bridgehead atoms. The number of piperidine rings is 1. The summed E-state index contributed by atoms with van der Waals surface area (Å²) in [4.78, 5) is 10.4. The van der Waals surface area contributed by atoms with E-state index in [1.54, 1.807) is 0 Å². The number of aliphatic hydroxyl groups is 1. The van der Waals surface area contributed by atoms with Crippen molar-refractivity contribution < 1.29 is 24.2 Å². The summed E-state index contributed by atoms with van der Waals surface area (Å²) in [7, 11) is 2.02. The molecule has 5 heteroatoms. The number of nitrogens with zero attached hydrogens (tertiary/aromatic N) is 1. The number of likely N-dealkylation sites (tertiary alicyclic amines) is 1. The Labute approximate surface area is 108 Å². The van der Waals surface area contributed by atoms with Gasteiger partial charge in [0, 0.05) is 12.8 Å². The topological polar surface area (TPSA) is 66.8 Å². The van der Waals surface area contributed by atoms with Crippen LogP contribution in [0.25, 0.3) is 0 Å². The summed E-state index contributed by atoms with van der Waals surface area (Å²) >= 11 is 0. The first-order valence-corrected chi connectivity index (χ1v) is 6.41. The van der Waals surface area contributed by atoms with Gasteiger partial charge in [-0.3, -0.25) is 14.0 Å². The molecule has 1 aliphatic heterocycles. The molecule has 0 radical (unpaired) electrons. The zero-order chi connectivity index (χ0) is 13.8. The molecule has 4 unspecified atom stereocenters. The van der Waals surface area contributed by atoms with Gasteiger partial charge in [-0.2, -0.15) is 0 Å². The molecule has 0 amide bonds. The van der Waals surface area contributed by atoms with Crippen molar-refractivity contribution in [2.75, 3.05) is 13.6 Å². The maximum atomic E-state index is 10.4. The second-order valence-corrected chi connectivity index (χ2v) is 5.36. The molecule has 1 saturated heterocycles. The highest BCUT2D eigenvalue weighted by molar-refractivity contribution is 5.66. The number of carboxylic acids is 1. The third-order valence-electron chi connectivity index (χ3n) is 3.70. The van der Waals surface area contributed by atoms with Gasteiger partial charge in [0.1, 0.15) is 0 Å². The first-order chi connectivity index (χ1) is 8.37. The molecule has 0 aromatic rings. The van der Waals surface area contributed by atoms with Gasteiger partial charge in [0.15, 0.2) is 12.5 Å². The predicted molar refractivity (Wildman–Crippen MR) is 67.4 cm³/mol. The molecule has 1 fully saturated rings. The molecular weight excluding hydrogens is 234 g/mol. The highest BCUT2D eigenvalue weighted by Gasteiger charge is 2.38. The Morgan fingerprint density at radius 1 is 1.67 bits per heavy atom. The highest BCUT2D eigenvalue weighted by atomic mass is 16.6. The Morgan fingerprint density at radius 2 is 2.33 bits per heavy atom. The Hall–Kier alpha value is -0.910. The number of aliphatic carboxylic acids is 1. The number of ether oxygens (including phenoxy) is 1. The second kappa shape index (κ2) is 6.31. The quantitative estimate of drug-likeness (QED) is 0.560. The van der Waals surface area contributed by atoms with Crippen molar-refractivity contribution >= 4 is 5.97 Å². The Morgan fingerprint density at radius 3 is 2.89 bits per heavy atom. The number of aliphatic hydroxyl groups excluding tert-OH is 1. The lowest BCUT2D eigenvalue weighted by Gasteiger charge is -2.43. The van der Waals surface area contributed by atoms with Gasteiger partial charge in [0.25, 0.3) is 0 Å². The fourth-order valence-electron chi connectivity index (χ4n) is 2.25. The SMILES string of the molecule is C=C[N+]1(C)CCC(C)CC1OC(O)CCC(=O)O. The average molecular weight is 258 g/mol. The van der Waals surface area contributed by atoms with Crippen molar-refractivity contribution in [3.05, 3.63) is 12.8 Å². The normalized spacial score (nSPS) is 33.9. The lowest BCUT2D eigenvalue weighted by Crippen LogP contribution is -2.54. The zero-order valence-electron chi connectivity index (χ0n) is 11.2. The molecule has 0 aromatic carbocycles. The molecule has 5 nitrogen and oxygen atoms in total. The van der Waals surface area contributed by atoms with E-state index < -0.39 is 12.3 Å². The van der Waals surface area contributed by atoms with Crippen LogP contribution in [0.1, 0.15) is 32.6 Å². The Bertz CT molecular complexity index is 307. The van der Waals surface area contributed by atoms with Crippen LogP contribution in [0.15, 0.2) is 12.8 Å². The smallest absolute Gasteiger partial charge is 0.303 e. The molecule has 0 aromatic heterocycles. The van der Waals surface area contributed by atoms with Gasteiger partial charge in [-0.15, -0.1) is 0 Å². The molecule has 1 heterocycles. The van der Waals surface area contributed by atoms with E-state index in [0.717, 1.165) is 19.4 Å². The number of hydrogen-bond acceptors (Lipinski definition) is 3. The highest BCUT2D eigenvalue weighted by Crippen LogP contribution is 2.29. The average Bonchev–Trinajstić information content (AvgIpc) is 2.31. The third-order valence-corrected chi connectivity index (χ3v) is 3.70. The molecule has 0 spiro atoms. The molecule has 4 atom stereocenters. The summed E-state index contributed by atoms with van der Waals surface area (Å²) in [6.07, 6.45) is 2.67. The van der Waals surface area contributed by atoms with E-state index >= 15 is 0 Å². The van der Waals surface area contributed by atoms with Crippen molar-refractivity contribution in [3.8, 4) is 0 Å². The van der Waals surface area contributed by atoms with Gasteiger partial charge in [0.2, 0.25) is 0 Å². The number of carbonyl (C=O) groups is 1. The van der Waals surface area contributed by atoms with E-state index in [1.807, 2.05) is 13.2 Å². The number of rotatable bonds is 6. The van der Waals surface area contributed by atoms with Crippen LogP contribution in [0.2, 0.25) is 0 Å². The predicted octanol–water partition coefficient (Wildman–Crippen LogP) is 1.53. The van der Waals surface area contributed by atoms with Gasteiger partial charge in [-0.05, 0) is 18.9 Å². The molecule has 0 saturated carbocycles. The maximum absolute atomic E-state index is 10.4. The number of hydrogen-bond donors (Lipinski definition) is 2. The van der Waals surface area contributed by atoms with Crippen LogP contribution in [0.3, 0.4) is 0 Å². The standard InChI is InChI=1S/C13H23NO4/c1-4-14(3)8-7-10(2)9-11(14)18-13(17)6-5-12(15)16/h4,10-11,13,17H,1,5-9H2,2-3H3/p+1. The minimum absolute atomic E-state index is 0.0821. The van der Waals surface area contributed by atoms with E-state index in [9.17, 15) is 9.90 Å². The van der Waals surface area contributed by atoms with Crippen molar-refractivity contribution in [2.24, 2.45) is 5.92 Å². The largest absolute Gasteiger partial charge is 0.481 e. The third kappa shape index (κ3) is 4.08. The summed E-state index contributed by atoms with van der Waals surface area (Å²) < 4.78 is 6.18. The van der Waals surface area contributed by atoms with E-state index in [1.165, 1.54) is 0 Å². The molecule has 18 heavy (non-hydrogen) atoms. The maximum Gasteiger partial charge on any atom is 0.303 e. The van der Waals surface area contributed by atoms with E-state index in [-0.39, 0.29) is 19.1 Å². The van der Waals surface area contributed by atoms with E-state index in [0.29, 0.717) is 10.4 Å². The number of carboxylic acid groups (broad SMARTS) is 1. The van der Waals surface area contributed by atoms with Crippen molar-refractivity contribution in [1.29, 1.82) is 0 Å². The minimum atomic E-state index is -1.02. The van der Waals surface area contributed by atoms with Crippen molar-refractivity contribution in [1.82, 2.24) is 0 Å². The van der Waals surface area contributed by atoms with Gasteiger partial charge >= 0.3 is 5.97 Å². The van der Waals surface area contributed by atoms with Gasteiger partial charge in [0.05, 0.1) is 26.2 Å². The van der Waals surface area contributed by atoms with E-state index in [2.05, 4.69) is 13.5 Å². The fraction of sp³-hybridized carbons (Fsp3) is 0.769. The Kier molecular flexibility index (Phi) is 5.31. The first kappa shape index (κ1) is 15.1. The van der Waals surface area contributed by atoms with E-state index in [4.69, 9.17) is 9.84 Å². The summed E-state index contributed by atoms with van der Waals surface area (Å²) in [5.74, 6) is -0.372. The van der Waals surface area contributed by atoms with Crippen LogP contribution in [0.4, 0.5) is 0 Å². The fourth-order valence-corrected chi connectivity index (χ4v) is 2.25. The molecule has 104 valence electrons. The van der Waals surface area contributed by atoms with Gasteiger partial charge in [-0.1, -0.05) is 6.92 Å². The van der Waals surface area contributed by atoms with Crippen LogP contribution in [-0.2, 0) is 9.53 Å². The zero-order valence-corrected chi connectivity index (χ0v) is 11.2. The molecule has 1 rings (SSSR count). The number of quaternary nitrogens is 1. The van der Waals surface area contributed by atoms with Crippen LogP contribution in [0.5, 0.6) is 0 Å². The van der Waals surface area contributed by atoms with Crippen molar-refractivity contribution in [2.45, 2.75) is 45.1 Å². The van der Waals surface area contributed by atoms with Gasteiger partial charge < -0.3 is 10.2 Å². The lowest BCUT2D eigenvalue weighted by molar-refractivity contribution is -0.918. The van der Waals surface area contributed by atoms with Gasteiger partial charge in [-0.25, -0.2) is 0 Å².